The van der Waals surface area contributed by atoms with Crippen molar-refractivity contribution in [1.82, 2.24) is 0 Å². The Labute approximate surface area is 170 Å². The molecule has 0 aromatic carbocycles. The number of carbonyl (C=O) groups is 9. The van der Waals surface area contributed by atoms with Crippen LogP contribution in [0.1, 0.15) is 20.8 Å². The third-order valence-corrected chi connectivity index (χ3v) is 2.46. The molecule has 0 aliphatic rings. The maximum Gasteiger partial charge on any atom is 3.00 e. The van der Waals surface area contributed by atoms with Gasteiger partial charge in [0.15, 0.2) is 17.3 Å². The second-order valence-electron chi connectivity index (χ2n) is 4.73. The van der Waals surface area contributed by atoms with Crippen LogP contribution in [0.2, 0.25) is 0 Å². The average Bonchev–Trinajstić information content (AvgIpc) is 2.64. The quantitative estimate of drug-likeness (QED) is 0.187. The normalized spacial score (nSPS) is 11.7. The van der Waals surface area contributed by atoms with Crippen LogP contribution in [0.15, 0.2) is 0 Å². The van der Waals surface area contributed by atoms with E-state index in [1.165, 1.54) is 20.8 Å². The molecule has 0 aliphatic heterocycles. The summed E-state index contributed by atoms with van der Waals surface area (Å²) in [5, 5.41) is 29.0. The number of carboxylic acids is 3. The van der Waals surface area contributed by atoms with Crippen LogP contribution in [-0.2, 0) is 61.7 Å². The van der Waals surface area contributed by atoms with Gasteiger partial charge in [0.1, 0.15) is 36.8 Å². The molecule has 0 rings (SSSR count). The summed E-state index contributed by atoms with van der Waals surface area (Å²) in [5.74, 6) is -12.2. The maximum atomic E-state index is 10.2. The van der Waals surface area contributed by atoms with E-state index in [-0.39, 0.29) is 37.4 Å². The summed E-state index contributed by atoms with van der Waals surface area (Å²) in [6, 6.07) is 0. The fraction of sp³-hybridized carbons (Fsp3) is 0.400. The molecule has 0 aromatic rings. The van der Waals surface area contributed by atoms with E-state index >= 15 is 0 Å². The Balaban J connectivity index is -0.000000152. The molecule has 0 bridgehead atoms. The van der Waals surface area contributed by atoms with E-state index < -0.39 is 53.0 Å². The molecule has 13 heteroatoms. The SMILES string of the molecule is CC(C=O)C(=O)C(=O)[O-].CC(C=O)C(=O)C(=O)[O-].CC(C=O)C(=O)C(=O)[O-].[V+3]. The summed E-state index contributed by atoms with van der Waals surface area (Å²) in [6.45, 7) is 3.60. The molecule has 0 saturated heterocycles. The van der Waals surface area contributed by atoms with Crippen molar-refractivity contribution < 1.29 is 77.0 Å². The van der Waals surface area contributed by atoms with Crippen LogP contribution in [0.4, 0.5) is 0 Å². The van der Waals surface area contributed by atoms with Crippen LogP contribution in [-0.4, -0.2) is 54.1 Å². The summed E-state index contributed by atoms with van der Waals surface area (Å²) in [5.41, 5.74) is 0. The Hall–Kier alpha value is -2.99. The van der Waals surface area contributed by atoms with Gasteiger partial charge in [-0.15, -0.1) is 0 Å². The number of Topliss-reactive ketones (excluding diaryl/α,β-unsaturated/α-hetero) is 3. The first-order valence-electron chi connectivity index (χ1n) is 6.89. The molecule has 3 unspecified atom stereocenters. The van der Waals surface area contributed by atoms with Crippen molar-refractivity contribution in [2.75, 3.05) is 0 Å². The molecule has 0 saturated carbocycles. The first-order chi connectivity index (χ1) is 12.3. The molecule has 12 nitrogen and oxygen atoms in total. The van der Waals surface area contributed by atoms with Crippen LogP contribution in [0.3, 0.4) is 0 Å². The molecule has 0 aromatic heterocycles. The summed E-state index contributed by atoms with van der Waals surface area (Å²) in [6.07, 6.45) is 0.786. The largest absolute Gasteiger partial charge is 3.00 e. The molecular weight excluding hydrogens is 423 g/mol. The van der Waals surface area contributed by atoms with Crippen molar-refractivity contribution in [2.24, 2.45) is 17.8 Å². The zero-order chi connectivity index (χ0) is 22.3. The Morgan fingerprint density at radius 1 is 0.536 bits per heavy atom. The van der Waals surface area contributed by atoms with E-state index in [9.17, 15) is 58.5 Å². The van der Waals surface area contributed by atoms with Gasteiger partial charge < -0.3 is 44.1 Å². The monoisotopic (exact) mass is 438 g/mol. The van der Waals surface area contributed by atoms with Crippen molar-refractivity contribution in [2.45, 2.75) is 20.8 Å². The zero-order valence-corrected chi connectivity index (χ0v) is 16.2. The van der Waals surface area contributed by atoms with Crippen LogP contribution in [0.25, 0.3) is 0 Å². The van der Waals surface area contributed by atoms with E-state index in [1.807, 2.05) is 0 Å². The predicted molar refractivity (Wildman–Crippen MR) is 75.7 cm³/mol. The van der Waals surface area contributed by atoms with Crippen LogP contribution < -0.4 is 15.3 Å². The Morgan fingerprint density at radius 3 is 0.714 bits per heavy atom. The average molecular weight is 438 g/mol. The summed E-state index contributed by atoms with van der Waals surface area (Å²) < 4.78 is 0. The number of carbonyl (C=O) groups excluding carboxylic acids is 9. The minimum atomic E-state index is -1.81. The third-order valence-electron chi connectivity index (χ3n) is 2.46. The number of aliphatic carboxylic acids is 3. The van der Waals surface area contributed by atoms with Crippen molar-refractivity contribution >= 4 is 54.1 Å². The van der Waals surface area contributed by atoms with Crippen LogP contribution in [0, 0.1) is 17.8 Å². The molecule has 0 heterocycles. The van der Waals surface area contributed by atoms with E-state index in [0.29, 0.717) is 0 Å². The van der Waals surface area contributed by atoms with Gasteiger partial charge in [-0.2, -0.15) is 0 Å². The summed E-state index contributed by atoms with van der Waals surface area (Å²) >= 11 is 0. The van der Waals surface area contributed by atoms with Gasteiger partial charge in [-0.1, -0.05) is 0 Å². The number of carboxylic acid groups (broad SMARTS) is 3. The Bertz CT molecular complexity index is 539. The van der Waals surface area contributed by atoms with Gasteiger partial charge >= 0.3 is 18.6 Å². The predicted octanol–water partition coefficient (Wildman–Crippen LogP) is -5.58. The molecule has 28 heavy (non-hydrogen) atoms. The molecule has 0 amide bonds. The molecule has 0 N–H and O–H groups in total. The van der Waals surface area contributed by atoms with Crippen molar-refractivity contribution in [3.05, 3.63) is 0 Å². The van der Waals surface area contributed by atoms with Gasteiger partial charge in [-0.3, -0.25) is 14.4 Å². The van der Waals surface area contributed by atoms with Gasteiger partial charge in [-0.25, -0.2) is 0 Å². The zero-order valence-electron chi connectivity index (χ0n) is 14.8. The van der Waals surface area contributed by atoms with E-state index in [2.05, 4.69) is 0 Å². The molecule has 3 atom stereocenters. The fourth-order valence-electron chi connectivity index (χ4n) is 0.743. The van der Waals surface area contributed by atoms with Crippen molar-refractivity contribution in [1.29, 1.82) is 0 Å². The van der Waals surface area contributed by atoms with E-state index in [0.717, 1.165) is 0 Å². The molecule has 152 valence electrons. The second-order valence-corrected chi connectivity index (χ2v) is 4.73. The number of aldehydes is 3. The molecule has 0 spiro atoms. The summed E-state index contributed by atoms with van der Waals surface area (Å²) in [4.78, 5) is 88.8. The Kier molecular flexibility index (Phi) is 20.3. The summed E-state index contributed by atoms with van der Waals surface area (Å²) in [7, 11) is 0. The number of ketones is 3. The van der Waals surface area contributed by atoms with Gasteiger partial charge in [0.05, 0.1) is 17.8 Å². The van der Waals surface area contributed by atoms with Crippen molar-refractivity contribution in [3.8, 4) is 0 Å². The number of hydrogen-bond donors (Lipinski definition) is 0. The van der Waals surface area contributed by atoms with Gasteiger partial charge in [0, 0.05) is 0 Å². The maximum absolute atomic E-state index is 10.2. The molecule has 0 radical (unpaired) electrons. The van der Waals surface area contributed by atoms with Crippen LogP contribution in [0.5, 0.6) is 0 Å². The molecule has 0 aliphatic carbocycles. The first kappa shape index (κ1) is 32.7. The minimum absolute atomic E-state index is 0. The van der Waals surface area contributed by atoms with E-state index in [4.69, 9.17) is 0 Å². The van der Waals surface area contributed by atoms with Gasteiger partial charge in [0.2, 0.25) is 0 Å². The number of hydrogen-bond acceptors (Lipinski definition) is 12. The smallest absolute Gasteiger partial charge is 0.542 e. The Morgan fingerprint density at radius 2 is 0.679 bits per heavy atom. The number of rotatable bonds is 9. The van der Waals surface area contributed by atoms with Crippen LogP contribution >= 0.6 is 0 Å². The first-order valence-corrected chi connectivity index (χ1v) is 6.89. The molecular formula is C15H15O12V. The van der Waals surface area contributed by atoms with Gasteiger partial charge in [0.25, 0.3) is 0 Å². The third kappa shape index (κ3) is 15.3. The van der Waals surface area contributed by atoms with Gasteiger partial charge in [-0.05, 0) is 20.8 Å². The van der Waals surface area contributed by atoms with E-state index in [1.54, 1.807) is 0 Å². The fourth-order valence-corrected chi connectivity index (χ4v) is 0.743. The van der Waals surface area contributed by atoms with Crippen molar-refractivity contribution in [3.63, 3.8) is 0 Å². The molecule has 0 fully saturated rings. The minimum Gasteiger partial charge on any atom is -0.542 e. The topological polar surface area (TPSA) is 223 Å². The standard InChI is InChI=1S/3C5H6O4.V/c3*1-3(2-6)4(7)5(8)9;/h3*2-3H,1H3,(H,8,9);/q;;;+3/p-3. The second kappa shape index (κ2) is 17.4.